The zero-order valence-corrected chi connectivity index (χ0v) is 24.3. The Morgan fingerprint density at radius 1 is 0.897 bits per heavy atom. The lowest BCUT2D eigenvalue weighted by Crippen LogP contribution is -2.05. The van der Waals surface area contributed by atoms with Crippen molar-refractivity contribution in [3.63, 3.8) is 0 Å². The van der Waals surface area contributed by atoms with Crippen molar-refractivity contribution in [1.82, 2.24) is 0 Å². The third-order valence-corrected chi connectivity index (χ3v) is 7.77. The Kier molecular flexibility index (Phi) is 12.4. The van der Waals surface area contributed by atoms with Crippen LogP contribution < -0.4 is 0 Å². The molecule has 3 rings (SSSR count). The second-order valence-electron chi connectivity index (χ2n) is 8.39. The number of benzene rings is 3. The van der Waals surface area contributed by atoms with Gasteiger partial charge in [-0.15, -0.1) is 11.8 Å². The molecule has 0 saturated heterocycles. The van der Waals surface area contributed by atoms with E-state index in [1.54, 1.807) is 23.5 Å². The first-order chi connectivity index (χ1) is 18.9. The largest absolute Gasteiger partial charge is 0.331 e. The summed E-state index contributed by atoms with van der Waals surface area (Å²) >= 11 is 9.24. The lowest BCUT2D eigenvalue weighted by Gasteiger charge is -2.08. The van der Waals surface area contributed by atoms with E-state index in [-0.39, 0.29) is 5.78 Å². The first-order valence-corrected chi connectivity index (χ1v) is 14.6. The number of oxime groups is 1. The van der Waals surface area contributed by atoms with E-state index in [1.807, 2.05) is 104 Å². The summed E-state index contributed by atoms with van der Waals surface area (Å²) in [4.78, 5) is 32.0. The molecule has 0 aliphatic heterocycles. The van der Waals surface area contributed by atoms with Gasteiger partial charge in [-0.1, -0.05) is 83.6 Å². The van der Waals surface area contributed by atoms with E-state index in [4.69, 9.17) is 16.4 Å². The molecule has 0 bridgehead atoms. The first kappa shape index (κ1) is 30.2. The summed E-state index contributed by atoms with van der Waals surface area (Å²) in [5.74, 6) is 0.392. The van der Waals surface area contributed by atoms with Crippen LogP contribution in [0, 0.1) is 0 Å². The third kappa shape index (κ3) is 10.4. The number of rotatable bonds is 13. The summed E-state index contributed by atoms with van der Waals surface area (Å²) in [5, 5.41) is 4.77. The molecule has 0 unspecified atom stereocenters. The van der Waals surface area contributed by atoms with Gasteiger partial charge in [-0.2, -0.15) is 0 Å². The van der Waals surface area contributed by atoms with Crippen LogP contribution in [-0.4, -0.2) is 23.2 Å². The molecule has 0 aromatic heterocycles. The third-order valence-electron chi connectivity index (χ3n) is 5.41. The maximum absolute atomic E-state index is 12.6. The van der Waals surface area contributed by atoms with Crippen molar-refractivity contribution in [2.24, 2.45) is 5.16 Å². The molecule has 0 saturated carbocycles. The summed E-state index contributed by atoms with van der Waals surface area (Å²) in [5.41, 5.74) is 2.94. The van der Waals surface area contributed by atoms with Gasteiger partial charge in [0.15, 0.2) is 5.78 Å². The van der Waals surface area contributed by atoms with Crippen molar-refractivity contribution in [3.05, 3.63) is 130 Å². The van der Waals surface area contributed by atoms with Crippen LogP contribution in [0.5, 0.6) is 0 Å². The zero-order chi connectivity index (χ0) is 28.0. The molecule has 0 spiro atoms. The van der Waals surface area contributed by atoms with Gasteiger partial charge < -0.3 is 4.84 Å². The molecular formula is C32H30ClNO3S2. The molecule has 4 nitrogen and oxygen atoms in total. The fourth-order valence-electron chi connectivity index (χ4n) is 3.40. The minimum absolute atomic E-state index is 0.00771. The number of allylic oxidation sites excluding steroid dienone is 4. The minimum atomic E-state index is -0.456. The molecule has 39 heavy (non-hydrogen) atoms. The molecule has 0 aliphatic rings. The molecule has 0 N–H and O–H groups in total. The zero-order valence-electron chi connectivity index (χ0n) is 21.9. The Hall–Kier alpha value is -3.32. The van der Waals surface area contributed by atoms with Crippen LogP contribution in [0.1, 0.15) is 48.2 Å². The predicted octanol–water partition coefficient (Wildman–Crippen LogP) is 9.06. The molecule has 0 amide bonds. The van der Waals surface area contributed by atoms with Crippen molar-refractivity contribution in [1.29, 1.82) is 0 Å². The summed E-state index contributed by atoms with van der Waals surface area (Å²) < 4.78 is 0. The van der Waals surface area contributed by atoms with Gasteiger partial charge in [-0.25, -0.2) is 4.79 Å². The highest BCUT2D eigenvalue weighted by molar-refractivity contribution is 8.03. The highest BCUT2D eigenvalue weighted by atomic mass is 35.5. The molecule has 0 radical (unpaired) electrons. The van der Waals surface area contributed by atoms with Crippen LogP contribution in [0.3, 0.4) is 0 Å². The number of halogens is 1. The van der Waals surface area contributed by atoms with Gasteiger partial charge in [-0.3, -0.25) is 4.79 Å². The molecule has 7 heteroatoms. The second-order valence-corrected chi connectivity index (χ2v) is 11.2. The second kappa shape index (κ2) is 15.9. The molecule has 0 heterocycles. The average molecular weight is 576 g/mol. The van der Waals surface area contributed by atoms with Gasteiger partial charge in [0.2, 0.25) is 0 Å². The van der Waals surface area contributed by atoms with Crippen molar-refractivity contribution in [2.45, 2.75) is 36.5 Å². The van der Waals surface area contributed by atoms with Gasteiger partial charge in [0.1, 0.15) is 0 Å². The van der Waals surface area contributed by atoms with E-state index in [2.05, 4.69) is 11.7 Å². The van der Waals surface area contributed by atoms with Gasteiger partial charge in [0.05, 0.1) is 5.71 Å². The topological polar surface area (TPSA) is 55.7 Å². The number of thioether (sulfide) groups is 1. The van der Waals surface area contributed by atoms with Gasteiger partial charge in [-0.05, 0) is 79.6 Å². The Morgan fingerprint density at radius 3 is 2.08 bits per heavy atom. The average Bonchev–Trinajstić information content (AvgIpc) is 2.96. The number of hydrogen-bond acceptors (Lipinski definition) is 6. The predicted molar refractivity (Wildman–Crippen MR) is 165 cm³/mol. The number of carbonyl (C=O) groups excluding carboxylic acids is 2. The van der Waals surface area contributed by atoms with Crippen LogP contribution in [0.4, 0.5) is 0 Å². The lowest BCUT2D eigenvalue weighted by atomic mass is 10.0. The SMILES string of the molecule is C=C(C=CC(Cl)=CC)SCCCC(=NOC(C)=O)c1ccc(Sc2ccc(C(=O)c3ccccc3)cc2)cc1. The lowest BCUT2D eigenvalue weighted by molar-refractivity contribution is -0.140. The summed E-state index contributed by atoms with van der Waals surface area (Å²) in [7, 11) is 0. The van der Waals surface area contributed by atoms with Crippen molar-refractivity contribution in [3.8, 4) is 0 Å². The van der Waals surface area contributed by atoms with Crippen LogP contribution in [0.2, 0.25) is 0 Å². The maximum Gasteiger partial charge on any atom is 0.331 e. The quantitative estimate of drug-likeness (QED) is 0.0508. The highest BCUT2D eigenvalue weighted by Crippen LogP contribution is 2.29. The fraction of sp³-hybridized carbons (Fsp3) is 0.156. The van der Waals surface area contributed by atoms with Gasteiger partial charge >= 0.3 is 5.97 Å². The molecule has 0 atom stereocenters. The monoisotopic (exact) mass is 575 g/mol. The maximum atomic E-state index is 12.6. The van der Waals surface area contributed by atoms with E-state index in [9.17, 15) is 9.59 Å². The molecule has 3 aromatic carbocycles. The van der Waals surface area contributed by atoms with Crippen LogP contribution in [-0.2, 0) is 9.63 Å². The summed E-state index contributed by atoms with van der Waals surface area (Å²) in [6.07, 6.45) is 7.02. The van der Waals surface area contributed by atoms with Crippen LogP contribution in [0.25, 0.3) is 0 Å². The van der Waals surface area contributed by atoms with Crippen LogP contribution >= 0.6 is 35.1 Å². The Labute approximate surface area is 243 Å². The minimum Gasteiger partial charge on any atom is -0.318 e. The number of carbonyl (C=O) groups is 2. The van der Waals surface area contributed by atoms with E-state index in [1.165, 1.54) is 6.92 Å². The van der Waals surface area contributed by atoms with Crippen molar-refractivity contribution in [2.75, 3.05) is 5.75 Å². The summed E-state index contributed by atoms with van der Waals surface area (Å²) in [6.45, 7) is 7.25. The van der Waals surface area contributed by atoms with Gasteiger partial charge in [0.25, 0.3) is 0 Å². The first-order valence-electron chi connectivity index (χ1n) is 12.4. The Bertz CT molecular complexity index is 1360. The molecule has 0 aliphatic carbocycles. The van der Waals surface area contributed by atoms with E-state index < -0.39 is 5.97 Å². The number of nitrogens with zero attached hydrogens (tertiary/aromatic N) is 1. The molecular weight excluding hydrogens is 546 g/mol. The molecule has 3 aromatic rings. The van der Waals surface area contributed by atoms with Crippen molar-refractivity contribution < 1.29 is 14.4 Å². The van der Waals surface area contributed by atoms with Crippen molar-refractivity contribution >= 4 is 52.6 Å². The van der Waals surface area contributed by atoms with E-state index in [0.717, 1.165) is 32.4 Å². The molecule has 200 valence electrons. The smallest absolute Gasteiger partial charge is 0.318 e. The summed E-state index contributed by atoms with van der Waals surface area (Å²) in [6, 6.07) is 24.9. The van der Waals surface area contributed by atoms with Gasteiger partial charge in [0, 0.05) is 37.8 Å². The normalized spacial score (nSPS) is 12.0. The van der Waals surface area contributed by atoms with E-state index in [0.29, 0.717) is 28.3 Å². The standard InChI is InChI=1S/C32H30ClNO3S2/c1-4-28(33)17-12-23(2)38-22-8-11-31(34-37-24(3)35)25-13-18-29(19-14-25)39-30-20-15-27(16-21-30)32(36)26-9-6-5-7-10-26/h4-7,9-10,12-21H,2,8,11,22H2,1,3H3. The van der Waals surface area contributed by atoms with E-state index >= 15 is 0 Å². The number of ketones is 1. The Balaban J connectivity index is 1.59. The van der Waals surface area contributed by atoms with Crippen LogP contribution in [0.15, 0.2) is 129 Å². The highest BCUT2D eigenvalue weighted by Gasteiger charge is 2.10. The molecule has 0 fully saturated rings. The number of hydrogen-bond donors (Lipinski definition) is 0. The Morgan fingerprint density at radius 2 is 1.49 bits per heavy atom. The fourth-order valence-corrected chi connectivity index (χ4v) is 5.00.